The van der Waals surface area contributed by atoms with Crippen molar-refractivity contribution in [3.63, 3.8) is 0 Å². The van der Waals surface area contributed by atoms with Crippen LogP contribution in [0.4, 0.5) is 0 Å². The molecule has 1 fully saturated rings. The first-order valence-electron chi connectivity index (χ1n) is 8.09. The maximum Gasteiger partial charge on any atom is 0.314 e. The number of piperidine rings is 1. The van der Waals surface area contributed by atoms with Crippen molar-refractivity contribution in [1.82, 2.24) is 4.90 Å². The largest absolute Gasteiger partial charge is 0.481 e. The Labute approximate surface area is 140 Å². The molecule has 2 aromatic rings. The lowest BCUT2D eigenvalue weighted by molar-refractivity contribution is -0.145. The highest BCUT2D eigenvalue weighted by atomic mass is 16.4. The van der Waals surface area contributed by atoms with Gasteiger partial charge in [0.25, 0.3) is 5.91 Å². The number of furan rings is 1. The summed E-state index contributed by atoms with van der Waals surface area (Å²) in [6.07, 6.45) is 0.799. The maximum absolute atomic E-state index is 12.6. The van der Waals surface area contributed by atoms with E-state index in [1.54, 1.807) is 11.0 Å². The lowest BCUT2D eigenvalue weighted by atomic mass is 9.73. The second-order valence-corrected chi connectivity index (χ2v) is 6.40. The van der Waals surface area contributed by atoms with E-state index < -0.39 is 11.4 Å². The van der Waals surface area contributed by atoms with Crippen LogP contribution in [0.2, 0.25) is 0 Å². The SMILES string of the molecule is Cc1cc(C(=O)N2CCC(C(=O)O)(c3ccccc3)CC2)oc1C. The Kier molecular flexibility index (Phi) is 4.18. The van der Waals surface area contributed by atoms with Crippen LogP contribution < -0.4 is 0 Å². The number of nitrogens with zero attached hydrogens (tertiary/aromatic N) is 1. The van der Waals surface area contributed by atoms with E-state index in [1.165, 1.54) is 0 Å². The molecule has 0 unspecified atom stereocenters. The molecule has 1 saturated heterocycles. The summed E-state index contributed by atoms with van der Waals surface area (Å²) in [5, 5.41) is 9.80. The zero-order chi connectivity index (χ0) is 17.3. The summed E-state index contributed by atoms with van der Waals surface area (Å²) >= 11 is 0. The van der Waals surface area contributed by atoms with Gasteiger partial charge in [-0.1, -0.05) is 30.3 Å². The second-order valence-electron chi connectivity index (χ2n) is 6.40. The molecule has 126 valence electrons. The monoisotopic (exact) mass is 327 g/mol. The van der Waals surface area contributed by atoms with Crippen molar-refractivity contribution in [2.45, 2.75) is 32.1 Å². The van der Waals surface area contributed by atoms with Crippen LogP contribution in [-0.2, 0) is 10.2 Å². The van der Waals surface area contributed by atoms with E-state index in [9.17, 15) is 14.7 Å². The minimum Gasteiger partial charge on any atom is -0.481 e. The van der Waals surface area contributed by atoms with Crippen LogP contribution in [0.3, 0.4) is 0 Å². The minimum absolute atomic E-state index is 0.168. The summed E-state index contributed by atoms with van der Waals surface area (Å²) in [6, 6.07) is 11.0. The van der Waals surface area contributed by atoms with E-state index in [2.05, 4.69) is 0 Å². The number of likely N-dealkylation sites (tertiary alicyclic amines) is 1. The highest BCUT2D eigenvalue weighted by molar-refractivity contribution is 5.92. The van der Waals surface area contributed by atoms with Crippen LogP contribution in [0.15, 0.2) is 40.8 Å². The molecule has 0 saturated carbocycles. The van der Waals surface area contributed by atoms with Gasteiger partial charge in [-0.25, -0.2) is 0 Å². The Morgan fingerprint density at radius 3 is 2.25 bits per heavy atom. The molecule has 2 heterocycles. The maximum atomic E-state index is 12.6. The van der Waals surface area contributed by atoms with Gasteiger partial charge in [-0.3, -0.25) is 9.59 Å². The molecule has 0 spiro atoms. The van der Waals surface area contributed by atoms with E-state index >= 15 is 0 Å². The van der Waals surface area contributed by atoms with Crippen molar-refractivity contribution in [1.29, 1.82) is 0 Å². The Hall–Kier alpha value is -2.56. The fraction of sp³-hybridized carbons (Fsp3) is 0.368. The van der Waals surface area contributed by atoms with Crippen molar-refractivity contribution in [2.75, 3.05) is 13.1 Å². The van der Waals surface area contributed by atoms with Gasteiger partial charge in [0.15, 0.2) is 5.76 Å². The lowest BCUT2D eigenvalue weighted by Gasteiger charge is -2.39. The van der Waals surface area contributed by atoms with Crippen molar-refractivity contribution in [3.8, 4) is 0 Å². The van der Waals surface area contributed by atoms with E-state index in [0.717, 1.165) is 16.9 Å². The fourth-order valence-electron chi connectivity index (χ4n) is 3.31. The quantitative estimate of drug-likeness (QED) is 0.940. The molecule has 1 aromatic heterocycles. The Morgan fingerprint density at radius 1 is 1.12 bits per heavy atom. The zero-order valence-electron chi connectivity index (χ0n) is 13.9. The molecule has 1 aromatic carbocycles. The highest BCUT2D eigenvalue weighted by Gasteiger charge is 2.44. The summed E-state index contributed by atoms with van der Waals surface area (Å²) in [5.74, 6) is 0.0656. The molecular weight excluding hydrogens is 306 g/mol. The van der Waals surface area contributed by atoms with Crippen LogP contribution in [0, 0.1) is 13.8 Å². The van der Waals surface area contributed by atoms with E-state index in [-0.39, 0.29) is 5.91 Å². The Morgan fingerprint density at radius 2 is 1.75 bits per heavy atom. The summed E-state index contributed by atoms with van der Waals surface area (Å²) in [6.45, 7) is 4.53. The zero-order valence-corrected chi connectivity index (χ0v) is 13.9. The standard InChI is InChI=1S/C19H21NO4/c1-13-12-16(24-14(13)2)17(21)20-10-8-19(9-11-20,18(22)23)15-6-4-3-5-7-15/h3-7,12H,8-11H2,1-2H3,(H,22,23). The topological polar surface area (TPSA) is 70.8 Å². The number of benzene rings is 1. The van der Waals surface area contributed by atoms with Gasteiger partial charge in [0.05, 0.1) is 5.41 Å². The number of hydrogen-bond acceptors (Lipinski definition) is 3. The van der Waals surface area contributed by atoms with Crippen molar-refractivity contribution in [2.24, 2.45) is 0 Å². The molecule has 0 atom stereocenters. The van der Waals surface area contributed by atoms with Crippen LogP contribution in [0.1, 0.15) is 40.3 Å². The van der Waals surface area contributed by atoms with Crippen molar-refractivity contribution in [3.05, 3.63) is 59.0 Å². The van der Waals surface area contributed by atoms with Crippen LogP contribution in [-0.4, -0.2) is 35.0 Å². The summed E-state index contributed by atoms with van der Waals surface area (Å²) < 4.78 is 5.51. The predicted octanol–water partition coefficient (Wildman–Crippen LogP) is 3.16. The Balaban J connectivity index is 1.79. The summed E-state index contributed by atoms with van der Waals surface area (Å²) in [5.41, 5.74) is 0.821. The van der Waals surface area contributed by atoms with Gasteiger partial charge in [-0.15, -0.1) is 0 Å². The molecule has 1 N–H and O–H groups in total. The molecule has 0 aliphatic carbocycles. The molecular formula is C19H21NO4. The van der Waals surface area contributed by atoms with E-state index in [1.807, 2.05) is 44.2 Å². The van der Waals surface area contributed by atoms with Crippen molar-refractivity contribution < 1.29 is 19.1 Å². The summed E-state index contributed by atoms with van der Waals surface area (Å²) in [4.78, 5) is 26.2. The first-order valence-corrected chi connectivity index (χ1v) is 8.09. The number of hydrogen-bond donors (Lipinski definition) is 1. The lowest BCUT2D eigenvalue weighted by Crippen LogP contribution is -2.49. The third kappa shape index (κ3) is 2.70. The van der Waals surface area contributed by atoms with Gasteiger partial charge in [0.2, 0.25) is 0 Å². The molecule has 0 radical (unpaired) electrons. The third-order valence-corrected chi connectivity index (χ3v) is 5.02. The van der Waals surface area contributed by atoms with Crippen LogP contribution >= 0.6 is 0 Å². The van der Waals surface area contributed by atoms with E-state index in [0.29, 0.717) is 31.7 Å². The van der Waals surface area contributed by atoms with Crippen LogP contribution in [0.25, 0.3) is 0 Å². The third-order valence-electron chi connectivity index (χ3n) is 5.02. The second kappa shape index (κ2) is 6.15. The fourth-order valence-corrected chi connectivity index (χ4v) is 3.31. The molecule has 1 aliphatic heterocycles. The molecule has 24 heavy (non-hydrogen) atoms. The number of rotatable bonds is 3. The number of aliphatic carboxylic acids is 1. The highest BCUT2D eigenvalue weighted by Crippen LogP contribution is 2.36. The molecule has 0 bridgehead atoms. The summed E-state index contributed by atoms with van der Waals surface area (Å²) in [7, 11) is 0. The molecule has 5 heteroatoms. The number of carboxylic acids is 1. The molecule has 3 rings (SSSR count). The smallest absolute Gasteiger partial charge is 0.314 e. The molecule has 1 aliphatic rings. The van der Waals surface area contributed by atoms with Crippen molar-refractivity contribution >= 4 is 11.9 Å². The average Bonchev–Trinajstić information content (AvgIpc) is 2.94. The number of carbonyl (C=O) groups excluding carboxylic acids is 1. The van der Waals surface area contributed by atoms with Gasteiger partial charge in [0, 0.05) is 13.1 Å². The number of carbonyl (C=O) groups is 2. The van der Waals surface area contributed by atoms with Gasteiger partial charge >= 0.3 is 5.97 Å². The number of carboxylic acid groups (broad SMARTS) is 1. The minimum atomic E-state index is -0.924. The van der Waals surface area contributed by atoms with Gasteiger partial charge in [-0.05, 0) is 43.9 Å². The van der Waals surface area contributed by atoms with Crippen LogP contribution in [0.5, 0.6) is 0 Å². The predicted molar refractivity (Wildman–Crippen MR) is 89.1 cm³/mol. The number of aryl methyl sites for hydroxylation is 2. The number of amides is 1. The Bertz CT molecular complexity index is 735. The normalized spacial score (nSPS) is 16.8. The van der Waals surface area contributed by atoms with E-state index in [4.69, 9.17) is 4.42 Å². The first-order chi connectivity index (χ1) is 11.4. The molecule has 1 amide bonds. The van der Waals surface area contributed by atoms with Gasteiger partial charge in [-0.2, -0.15) is 0 Å². The average molecular weight is 327 g/mol. The van der Waals surface area contributed by atoms with Gasteiger partial charge < -0.3 is 14.4 Å². The first kappa shape index (κ1) is 16.3. The van der Waals surface area contributed by atoms with Gasteiger partial charge in [0.1, 0.15) is 5.76 Å². The molecule has 5 nitrogen and oxygen atoms in total.